The number of ketones is 1. The molecule has 1 aliphatic carbocycles. The number of hydrogen-bond donors (Lipinski definition) is 1. The molecule has 0 heterocycles. The molecule has 3 nitrogen and oxygen atoms in total. The lowest BCUT2D eigenvalue weighted by atomic mass is 9.61. The summed E-state index contributed by atoms with van der Waals surface area (Å²) in [5.74, 6) is 0.303. The van der Waals surface area contributed by atoms with Gasteiger partial charge in [-0.15, -0.1) is 0 Å². The zero-order valence-electron chi connectivity index (χ0n) is 13.9. The van der Waals surface area contributed by atoms with Crippen molar-refractivity contribution >= 4 is 11.5 Å². The number of nitrogens with zero attached hydrogens (tertiary/aromatic N) is 1. The third kappa shape index (κ3) is 4.19. The van der Waals surface area contributed by atoms with Gasteiger partial charge in [-0.3, -0.25) is 4.79 Å². The summed E-state index contributed by atoms with van der Waals surface area (Å²) in [5, 5.41) is 12.6. The number of Topliss-reactive ketones (excluding diaryl/α,β-unsaturated/α-hetero) is 1. The van der Waals surface area contributed by atoms with Crippen LogP contribution in [0.5, 0.6) is 0 Å². The fraction of sp³-hybridized carbons (Fsp3) is 0.579. The van der Waals surface area contributed by atoms with Gasteiger partial charge in [0.2, 0.25) is 0 Å². The van der Waals surface area contributed by atoms with E-state index in [-0.39, 0.29) is 10.8 Å². The maximum atomic E-state index is 12.7. The lowest BCUT2D eigenvalue weighted by Crippen LogP contribution is -2.41. The van der Waals surface area contributed by atoms with Crippen LogP contribution in [0, 0.1) is 10.8 Å². The second-order valence-corrected chi connectivity index (χ2v) is 7.68. The fourth-order valence-electron chi connectivity index (χ4n) is 3.91. The first-order chi connectivity index (χ1) is 10.3. The lowest BCUT2D eigenvalue weighted by Gasteiger charge is -2.42. The van der Waals surface area contributed by atoms with Crippen LogP contribution in [0.4, 0.5) is 0 Å². The van der Waals surface area contributed by atoms with Crippen LogP contribution >= 0.6 is 0 Å². The normalized spacial score (nSPS) is 26.0. The molecule has 1 saturated carbocycles. The molecule has 1 atom stereocenters. The molecule has 22 heavy (non-hydrogen) atoms. The summed E-state index contributed by atoms with van der Waals surface area (Å²) in [6.07, 6.45) is 4.65. The number of oxime groups is 1. The van der Waals surface area contributed by atoms with Gasteiger partial charge in [0.25, 0.3) is 0 Å². The van der Waals surface area contributed by atoms with E-state index in [1.165, 1.54) is 5.56 Å². The molecule has 1 aromatic carbocycles. The molecule has 1 N–H and O–H groups in total. The SMILES string of the molecule is CC1(C)C/C(=N\O)CC(C)(C(=O)CCCc2ccccc2)C1. The van der Waals surface area contributed by atoms with E-state index in [4.69, 9.17) is 5.21 Å². The Morgan fingerprint density at radius 1 is 1.18 bits per heavy atom. The van der Waals surface area contributed by atoms with Crippen LogP contribution in [0.15, 0.2) is 35.5 Å². The number of aryl methyl sites for hydroxylation is 1. The Hall–Kier alpha value is -1.64. The highest BCUT2D eigenvalue weighted by atomic mass is 16.4. The van der Waals surface area contributed by atoms with Crippen molar-refractivity contribution in [3.05, 3.63) is 35.9 Å². The summed E-state index contributed by atoms with van der Waals surface area (Å²) in [5.41, 5.74) is 1.67. The third-order valence-corrected chi connectivity index (χ3v) is 4.67. The highest BCUT2D eigenvalue weighted by molar-refractivity contribution is 5.94. The van der Waals surface area contributed by atoms with Crippen LogP contribution in [-0.2, 0) is 11.2 Å². The molecule has 0 spiro atoms. The largest absolute Gasteiger partial charge is 0.411 e. The van der Waals surface area contributed by atoms with Gasteiger partial charge in [0.05, 0.1) is 5.71 Å². The summed E-state index contributed by atoms with van der Waals surface area (Å²) in [6, 6.07) is 10.3. The maximum Gasteiger partial charge on any atom is 0.139 e. The summed E-state index contributed by atoms with van der Waals surface area (Å²) in [7, 11) is 0. The first-order valence-electron chi connectivity index (χ1n) is 8.12. The minimum absolute atomic E-state index is 0.0175. The average molecular weight is 301 g/mol. The molecule has 0 saturated heterocycles. The molecule has 0 radical (unpaired) electrons. The molecule has 1 fully saturated rings. The van der Waals surface area contributed by atoms with E-state index in [1.807, 2.05) is 25.1 Å². The summed E-state index contributed by atoms with van der Waals surface area (Å²) in [4.78, 5) is 12.7. The minimum Gasteiger partial charge on any atom is -0.411 e. The van der Waals surface area contributed by atoms with E-state index in [9.17, 15) is 4.79 Å². The van der Waals surface area contributed by atoms with Gasteiger partial charge < -0.3 is 5.21 Å². The molecule has 0 amide bonds. The molecule has 120 valence electrons. The van der Waals surface area contributed by atoms with Crippen molar-refractivity contribution in [3.63, 3.8) is 0 Å². The first kappa shape index (κ1) is 16.7. The van der Waals surface area contributed by atoms with Gasteiger partial charge in [0.15, 0.2) is 0 Å². The van der Waals surface area contributed by atoms with Gasteiger partial charge in [-0.1, -0.05) is 56.3 Å². The Kier molecular flexibility index (Phi) is 5.05. The molecule has 0 aliphatic heterocycles. The van der Waals surface area contributed by atoms with Crippen LogP contribution < -0.4 is 0 Å². The Morgan fingerprint density at radius 2 is 1.86 bits per heavy atom. The van der Waals surface area contributed by atoms with Crippen molar-refractivity contribution in [2.24, 2.45) is 16.0 Å². The zero-order chi connectivity index (χ0) is 16.2. The van der Waals surface area contributed by atoms with E-state index in [1.54, 1.807) is 0 Å². The summed E-state index contributed by atoms with van der Waals surface area (Å²) >= 11 is 0. The first-order valence-corrected chi connectivity index (χ1v) is 8.12. The maximum absolute atomic E-state index is 12.7. The molecule has 2 rings (SSSR count). The van der Waals surface area contributed by atoms with Gasteiger partial charge in [0.1, 0.15) is 5.78 Å². The number of carbonyl (C=O) groups is 1. The van der Waals surface area contributed by atoms with Crippen molar-refractivity contribution in [2.45, 2.75) is 59.3 Å². The zero-order valence-corrected chi connectivity index (χ0v) is 13.9. The standard InChI is InChI=1S/C19H27NO2/c1-18(2)12-16(20-22)13-19(3,14-18)17(21)11-7-10-15-8-5-4-6-9-15/h4-6,8-9,22H,7,10-14H2,1-3H3/b20-16+. The second kappa shape index (κ2) is 6.64. The molecular formula is C19H27NO2. The minimum atomic E-state index is -0.389. The summed E-state index contributed by atoms with van der Waals surface area (Å²) in [6.45, 7) is 6.32. The van der Waals surface area contributed by atoms with E-state index >= 15 is 0 Å². The number of benzene rings is 1. The van der Waals surface area contributed by atoms with Crippen molar-refractivity contribution in [2.75, 3.05) is 0 Å². The quantitative estimate of drug-likeness (QED) is 0.637. The van der Waals surface area contributed by atoms with Crippen LogP contribution in [-0.4, -0.2) is 16.7 Å². The van der Waals surface area contributed by atoms with Gasteiger partial charge in [-0.2, -0.15) is 0 Å². The van der Waals surface area contributed by atoms with E-state index in [2.05, 4.69) is 31.1 Å². The van der Waals surface area contributed by atoms with Gasteiger partial charge in [-0.25, -0.2) is 0 Å². The Morgan fingerprint density at radius 3 is 2.50 bits per heavy atom. The van der Waals surface area contributed by atoms with Gasteiger partial charge in [-0.05, 0) is 36.7 Å². The van der Waals surface area contributed by atoms with Crippen molar-refractivity contribution in [1.82, 2.24) is 0 Å². The molecule has 0 aromatic heterocycles. The van der Waals surface area contributed by atoms with Crippen molar-refractivity contribution < 1.29 is 10.0 Å². The second-order valence-electron chi connectivity index (χ2n) is 7.68. The van der Waals surface area contributed by atoms with Crippen LogP contribution in [0.3, 0.4) is 0 Å². The van der Waals surface area contributed by atoms with Gasteiger partial charge in [0, 0.05) is 18.3 Å². The highest BCUT2D eigenvalue weighted by Crippen LogP contribution is 2.46. The smallest absolute Gasteiger partial charge is 0.139 e. The van der Waals surface area contributed by atoms with Crippen LogP contribution in [0.2, 0.25) is 0 Å². The highest BCUT2D eigenvalue weighted by Gasteiger charge is 2.43. The van der Waals surface area contributed by atoms with E-state index < -0.39 is 0 Å². The molecule has 1 aromatic rings. The third-order valence-electron chi connectivity index (χ3n) is 4.67. The molecule has 3 heteroatoms. The van der Waals surface area contributed by atoms with Crippen molar-refractivity contribution in [1.29, 1.82) is 0 Å². The monoisotopic (exact) mass is 301 g/mol. The van der Waals surface area contributed by atoms with Crippen molar-refractivity contribution in [3.8, 4) is 0 Å². The fourth-order valence-corrected chi connectivity index (χ4v) is 3.91. The molecule has 0 bridgehead atoms. The molecular weight excluding hydrogens is 274 g/mol. The van der Waals surface area contributed by atoms with E-state index in [0.717, 1.165) is 31.4 Å². The number of carbonyl (C=O) groups excluding carboxylic acids is 1. The number of hydrogen-bond acceptors (Lipinski definition) is 3. The Labute approximate surface area is 133 Å². The Balaban J connectivity index is 1.95. The van der Waals surface area contributed by atoms with Gasteiger partial charge >= 0.3 is 0 Å². The molecule has 1 unspecified atom stereocenters. The van der Waals surface area contributed by atoms with Crippen LogP contribution in [0.25, 0.3) is 0 Å². The average Bonchev–Trinajstić information content (AvgIpc) is 2.46. The summed E-state index contributed by atoms with van der Waals surface area (Å²) < 4.78 is 0. The predicted molar refractivity (Wildman–Crippen MR) is 89.3 cm³/mol. The van der Waals surface area contributed by atoms with E-state index in [0.29, 0.717) is 18.6 Å². The predicted octanol–water partition coefficient (Wildman–Crippen LogP) is 4.63. The molecule has 1 aliphatic rings. The van der Waals surface area contributed by atoms with Crippen LogP contribution in [0.1, 0.15) is 58.4 Å². The lowest BCUT2D eigenvalue weighted by molar-refractivity contribution is -0.130. The number of rotatable bonds is 5. The topological polar surface area (TPSA) is 49.7 Å². The Bertz CT molecular complexity index is 548.